The summed E-state index contributed by atoms with van der Waals surface area (Å²) in [6.07, 6.45) is 0. The second-order valence-electron chi connectivity index (χ2n) is 5.00. The van der Waals surface area contributed by atoms with Crippen LogP contribution in [0.15, 0.2) is 72.8 Å². The fourth-order valence-electron chi connectivity index (χ4n) is 2.69. The number of para-hydroxylation sites is 1. The first-order valence-corrected chi connectivity index (χ1v) is 6.84. The Morgan fingerprint density at radius 3 is 2.05 bits per heavy atom. The van der Waals surface area contributed by atoms with Gasteiger partial charge in [0.05, 0.1) is 0 Å². The molecule has 0 saturated carbocycles. The van der Waals surface area contributed by atoms with Gasteiger partial charge in [0.1, 0.15) is 11.5 Å². The lowest BCUT2D eigenvalue weighted by Gasteiger charge is -2.07. The van der Waals surface area contributed by atoms with Gasteiger partial charge in [-0.05, 0) is 41.5 Å². The summed E-state index contributed by atoms with van der Waals surface area (Å²) in [5.41, 5.74) is 3.45. The molecule has 0 bridgehead atoms. The number of ketones is 1. The van der Waals surface area contributed by atoms with E-state index in [2.05, 4.69) is 0 Å². The van der Waals surface area contributed by atoms with Crippen LogP contribution in [0.4, 0.5) is 0 Å². The molecule has 3 aromatic rings. The summed E-state index contributed by atoms with van der Waals surface area (Å²) in [5.74, 6) is 1.62. The normalized spacial score (nSPS) is 11.9. The molecule has 2 heteroatoms. The van der Waals surface area contributed by atoms with E-state index >= 15 is 0 Å². The van der Waals surface area contributed by atoms with Gasteiger partial charge < -0.3 is 4.74 Å². The number of ether oxygens (including phenoxy) is 1. The van der Waals surface area contributed by atoms with Crippen molar-refractivity contribution in [1.82, 2.24) is 0 Å². The molecule has 21 heavy (non-hydrogen) atoms. The van der Waals surface area contributed by atoms with E-state index in [-0.39, 0.29) is 5.78 Å². The van der Waals surface area contributed by atoms with E-state index in [1.165, 1.54) is 0 Å². The van der Waals surface area contributed by atoms with Crippen molar-refractivity contribution in [3.63, 3.8) is 0 Å². The molecule has 1 aliphatic carbocycles. The van der Waals surface area contributed by atoms with Crippen LogP contribution >= 0.6 is 0 Å². The van der Waals surface area contributed by atoms with Crippen LogP contribution in [-0.4, -0.2) is 5.78 Å². The van der Waals surface area contributed by atoms with Gasteiger partial charge in [0.25, 0.3) is 0 Å². The minimum atomic E-state index is 0.0897. The Morgan fingerprint density at radius 2 is 1.24 bits per heavy atom. The molecule has 0 atom stereocenters. The third-order valence-electron chi connectivity index (χ3n) is 3.68. The fraction of sp³-hybridized carbons (Fsp3) is 0. The average molecular weight is 272 g/mol. The van der Waals surface area contributed by atoms with E-state index < -0.39 is 0 Å². The Balaban J connectivity index is 1.78. The second-order valence-corrected chi connectivity index (χ2v) is 5.00. The Labute approximate surface area is 122 Å². The molecule has 0 unspecified atom stereocenters. The molecule has 0 heterocycles. The Bertz CT molecular complexity index is 835. The molecule has 2 nitrogen and oxygen atoms in total. The van der Waals surface area contributed by atoms with Crippen molar-refractivity contribution < 1.29 is 9.53 Å². The Hall–Kier alpha value is -2.87. The van der Waals surface area contributed by atoms with Crippen LogP contribution in [-0.2, 0) is 0 Å². The van der Waals surface area contributed by atoms with Crippen molar-refractivity contribution in [2.24, 2.45) is 0 Å². The highest BCUT2D eigenvalue weighted by atomic mass is 16.5. The zero-order chi connectivity index (χ0) is 14.2. The summed E-state index contributed by atoms with van der Waals surface area (Å²) in [7, 11) is 0. The zero-order valence-electron chi connectivity index (χ0n) is 11.2. The summed E-state index contributed by atoms with van der Waals surface area (Å²) >= 11 is 0. The van der Waals surface area contributed by atoms with E-state index in [1.807, 2.05) is 72.8 Å². The molecule has 0 spiro atoms. The minimum absolute atomic E-state index is 0.0897. The van der Waals surface area contributed by atoms with Crippen LogP contribution in [0.3, 0.4) is 0 Å². The molecule has 4 rings (SSSR count). The Kier molecular flexibility index (Phi) is 2.61. The lowest BCUT2D eigenvalue weighted by molar-refractivity contribution is 0.104. The molecule has 0 amide bonds. The maximum atomic E-state index is 12.3. The van der Waals surface area contributed by atoms with E-state index in [0.717, 1.165) is 33.8 Å². The predicted molar refractivity (Wildman–Crippen MR) is 81.8 cm³/mol. The van der Waals surface area contributed by atoms with Crippen molar-refractivity contribution in [3.8, 4) is 22.6 Å². The van der Waals surface area contributed by atoms with E-state index in [1.54, 1.807) is 0 Å². The van der Waals surface area contributed by atoms with Crippen LogP contribution in [0.5, 0.6) is 11.5 Å². The van der Waals surface area contributed by atoms with Crippen LogP contribution in [0, 0.1) is 0 Å². The lowest BCUT2D eigenvalue weighted by Crippen LogP contribution is -1.94. The van der Waals surface area contributed by atoms with Gasteiger partial charge >= 0.3 is 0 Å². The summed E-state index contributed by atoms with van der Waals surface area (Å²) in [5, 5.41) is 0. The van der Waals surface area contributed by atoms with Gasteiger partial charge in [-0.25, -0.2) is 0 Å². The average Bonchev–Trinajstić information content (AvgIpc) is 2.82. The highest BCUT2D eigenvalue weighted by molar-refractivity contribution is 6.21. The topological polar surface area (TPSA) is 26.3 Å². The largest absolute Gasteiger partial charge is 0.457 e. The number of hydrogen-bond donors (Lipinski definition) is 0. The first-order chi connectivity index (χ1) is 10.3. The summed E-state index contributed by atoms with van der Waals surface area (Å²) in [6.45, 7) is 0. The maximum Gasteiger partial charge on any atom is 0.194 e. The number of rotatable bonds is 2. The van der Waals surface area contributed by atoms with E-state index in [4.69, 9.17) is 4.74 Å². The molecule has 100 valence electrons. The molecular formula is C19H12O2. The van der Waals surface area contributed by atoms with Gasteiger partial charge in [0, 0.05) is 11.1 Å². The van der Waals surface area contributed by atoms with Gasteiger partial charge in [-0.15, -0.1) is 0 Å². The number of fused-ring (bicyclic) bond motifs is 3. The van der Waals surface area contributed by atoms with Crippen molar-refractivity contribution in [1.29, 1.82) is 0 Å². The van der Waals surface area contributed by atoms with Crippen LogP contribution < -0.4 is 4.74 Å². The standard InChI is InChI=1S/C19H12O2/c20-19-16-9-5-4-8-15(16)18-12-14(10-11-17(18)19)21-13-6-2-1-3-7-13/h1-12H. The van der Waals surface area contributed by atoms with Gasteiger partial charge in [-0.2, -0.15) is 0 Å². The zero-order valence-corrected chi connectivity index (χ0v) is 11.2. The first-order valence-electron chi connectivity index (χ1n) is 6.84. The molecule has 0 saturated heterocycles. The summed E-state index contributed by atoms with van der Waals surface area (Å²) in [6, 6.07) is 22.9. The minimum Gasteiger partial charge on any atom is -0.457 e. The number of hydrogen-bond acceptors (Lipinski definition) is 2. The Morgan fingerprint density at radius 1 is 0.571 bits per heavy atom. The highest BCUT2D eigenvalue weighted by Crippen LogP contribution is 2.39. The van der Waals surface area contributed by atoms with Crippen LogP contribution in [0.1, 0.15) is 15.9 Å². The smallest absolute Gasteiger partial charge is 0.194 e. The molecule has 0 fully saturated rings. The molecule has 0 radical (unpaired) electrons. The third kappa shape index (κ3) is 1.93. The fourth-order valence-corrected chi connectivity index (χ4v) is 2.69. The SMILES string of the molecule is O=C1c2ccccc2-c2cc(Oc3ccccc3)ccc21. The van der Waals surface area contributed by atoms with Gasteiger partial charge in [0.2, 0.25) is 0 Å². The van der Waals surface area contributed by atoms with Crippen molar-refractivity contribution >= 4 is 5.78 Å². The van der Waals surface area contributed by atoms with E-state index in [0.29, 0.717) is 0 Å². The van der Waals surface area contributed by atoms with Gasteiger partial charge in [-0.3, -0.25) is 4.79 Å². The number of carbonyl (C=O) groups is 1. The first kappa shape index (κ1) is 11.9. The van der Waals surface area contributed by atoms with Gasteiger partial charge in [0.15, 0.2) is 5.78 Å². The van der Waals surface area contributed by atoms with Crippen LogP contribution in [0.2, 0.25) is 0 Å². The van der Waals surface area contributed by atoms with Crippen molar-refractivity contribution in [2.45, 2.75) is 0 Å². The number of benzene rings is 3. The molecule has 0 N–H and O–H groups in total. The monoisotopic (exact) mass is 272 g/mol. The van der Waals surface area contributed by atoms with Crippen molar-refractivity contribution in [2.75, 3.05) is 0 Å². The number of carbonyl (C=O) groups excluding carboxylic acids is 1. The molecule has 0 aromatic heterocycles. The predicted octanol–water partition coefficient (Wildman–Crippen LogP) is 4.69. The highest BCUT2D eigenvalue weighted by Gasteiger charge is 2.26. The molecule has 0 aliphatic heterocycles. The molecular weight excluding hydrogens is 260 g/mol. The van der Waals surface area contributed by atoms with Gasteiger partial charge in [-0.1, -0.05) is 42.5 Å². The maximum absolute atomic E-state index is 12.3. The molecule has 3 aromatic carbocycles. The van der Waals surface area contributed by atoms with Crippen molar-refractivity contribution in [3.05, 3.63) is 83.9 Å². The molecule has 1 aliphatic rings. The lowest BCUT2D eigenvalue weighted by atomic mass is 10.1. The van der Waals surface area contributed by atoms with E-state index in [9.17, 15) is 4.79 Å². The summed E-state index contributed by atoms with van der Waals surface area (Å²) in [4.78, 5) is 12.3. The second kappa shape index (κ2) is 4.60. The quantitative estimate of drug-likeness (QED) is 0.529. The van der Waals surface area contributed by atoms with Crippen LogP contribution in [0.25, 0.3) is 11.1 Å². The summed E-state index contributed by atoms with van der Waals surface area (Å²) < 4.78 is 5.84. The third-order valence-corrected chi connectivity index (χ3v) is 3.68.